The number of hydrogen-bond donors (Lipinski definition) is 0. The van der Waals surface area contributed by atoms with Crippen molar-refractivity contribution in [2.45, 2.75) is 19.8 Å². The minimum Gasteiger partial charge on any atom is -0.593 e. The molecule has 164 valence electrons. The minimum absolute atomic E-state index is 0.0427. The number of fused-ring (bicyclic) bond motifs is 2. The molecule has 9 heteroatoms. The van der Waals surface area contributed by atoms with Crippen molar-refractivity contribution in [1.29, 1.82) is 0 Å². The summed E-state index contributed by atoms with van der Waals surface area (Å²) in [5, 5.41) is 18.0. The van der Waals surface area contributed by atoms with Gasteiger partial charge in [0.1, 0.15) is 0 Å². The van der Waals surface area contributed by atoms with Crippen LogP contribution in [0.5, 0.6) is 0 Å². The Bertz CT molecular complexity index is 1770. The van der Waals surface area contributed by atoms with E-state index in [1.165, 1.54) is 24.3 Å². The Kier molecular flexibility index (Phi) is 4.88. The first-order chi connectivity index (χ1) is 15.8. The van der Waals surface area contributed by atoms with E-state index in [0.29, 0.717) is 10.8 Å². The molecule has 5 rings (SSSR count). The number of benzene rings is 4. The second-order valence-electron chi connectivity index (χ2n) is 7.41. The van der Waals surface area contributed by atoms with Crippen molar-refractivity contribution in [2.75, 3.05) is 0 Å². The number of aromatic nitrogens is 2. The molecule has 0 bridgehead atoms. The van der Waals surface area contributed by atoms with E-state index in [-0.39, 0.29) is 14.6 Å². The topological polar surface area (TPSA) is 108 Å². The molecule has 33 heavy (non-hydrogen) atoms. The molecule has 1 aromatic heterocycles. The molecular formula is C24H16N2O5S2. The maximum Gasteiger partial charge on any atom is 0.339 e. The van der Waals surface area contributed by atoms with E-state index < -0.39 is 29.7 Å². The maximum absolute atomic E-state index is 13.1. The van der Waals surface area contributed by atoms with Gasteiger partial charge in [0.2, 0.25) is 14.9 Å². The van der Waals surface area contributed by atoms with E-state index in [0.717, 1.165) is 22.9 Å². The highest BCUT2D eigenvalue weighted by Crippen LogP contribution is 2.26. The Balaban J connectivity index is 1.56. The molecule has 0 spiro atoms. The van der Waals surface area contributed by atoms with Crippen LogP contribution in [0, 0.1) is 5.21 Å². The van der Waals surface area contributed by atoms with E-state index >= 15 is 0 Å². The molecule has 0 radical (unpaired) electrons. The first kappa shape index (κ1) is 21.0. The van der Waals surface area contributed by atoms with Crippen LogP contribution in [0.25, 0.3) is 21.5 Å². The number of sulfone groups is 2. The molecule has 0 aliphatic carbocycles. The summed E-state index contributed by atoms with van der Waals surface area (Å²) in [6, 6.07) is 25.5. The highest BCUT2D eigenvalue weighted by molar-refractivity contribution is 7.91. The molecule has 0 saturated heterocycles. The van der Waals surface area contributed by atoms with Gasteiger partial charge in [0.25, 0.3) is 9.84 Å². The Morgan fingerprint density at radius 1 is 0.576 bits per heavy atom. The van der Waals surface area contributed by atoms with E-state index in [2.05, 4.69) is 5.10 Å². The van der Waals surface area contributed by atoms with E-state index in [4.69, 9.17) is 0 Å². The number of hydrogen-bond acceptors (Lipinski definition) is 6. The average Bonchev–Trinajstić information content (AvgIpc) is 2.83. The largest absolute Gasteiger partial charge is 0.593 e. The van der Waals surface area contributed by atoms with Gasteiger partial charge in [-0.1, -0.05) is 60.7 Å². The monoisotopic (exact) mass is 476 g/mol. The third-order valence-corrected chi connectivity index (χ3v) is 8.72. The number of nitrogens with zero attached hydrogens (tertiary/aromatic N) is 2. The van der Waals surface area contributed by atoms with Gasteiger partial charge in [-0.25, -0.2) is 16.8 Å². The molecule has 0 amide bonds. The smallest absolute Gasteiger partial charge is 0.339 e. The van der Waals surface area contributed by atoms with Crippen molar-refractivity contribution in [1.82, 2.24) is 5.10 Å². The van der Waals surface area contributed by atoms with Gasteiger partial charge in [-0.3, -0.25) is 0 Å². The lowest BCUT2D eigenvalue weighted by Gasteiger charge is -2.08. The van der Waals surface area contributed by atoms with Crippen molar-refractivity contribution in [2.24, 2.45) is 0 Å². The summed E-state index contributed by atoms with van der Waals surface area (Å²) < 4.78 is 52.2. The van der Waals surface area contributed by atoms with E-state index in [1.807, 2.05) is 24.3 Å². The van der Waals surface area contributed by atoms with Crippen molar-refractivity contribution >= 4 is 41.2 Å². The van der Waals surface area contributed by atoms with Gasteiger partial charge in [0.15, 0.2) is 0 Å². The summed E-state index contributed by atoms with van der Waals surface area (Å²) in [6.45, 7) is 0. The lowest BCUT2D eigenvalue weighted by Crippen LogP contribution is -2.39. The van der Waals surface area contributed by atoms with Crippen LogP contribution in [0.2, 0.25) is 0 Å². The molecule has 0 fully saturated rings. The SMILES string of the molecule is O=S(=O)(c1ccc2ccccc2c1)c1ccc(S(=O)(=O)c2ccc3ccccc3c2)[n+]([O-])n1. The maximum atomic E-state index is 13.1. The summed E-state index contributed by atoms with van der Waals surface area (Å²) in [5.74, 6) is 0. The third kappa shape index (κ3) is 3.61. The van der Waals surface area contributed by atoms with Crippen molar-refractivity contribution in [3.8, 4) is 0 Å². The summed E-state index contributed by atoms with van der Waals surface area (Å²) in [6.07, 6.45) is 0. The molecule has 7 nitrogen and oxygen atoms in total. The van der Waals surface area contributed by atoms with Gasteiger partial charge >= 0.3 is 5.03 Å². The van der Waals surface area contributed by atoms with Gasteiger partial charge < -0.3 is 5.21 Å². The fourth-order valence-corrected chi connectivity index (χ4v) is 6.09. The first-order valence-electron chi connectivity index (χ1n) is 9.85. The van der Waals surface area contributed by atoms with Crippen LogP contribution in [0.1, 0.15) is 0 Å². The fraction of sp³-hybridized carbons (Fsp3) is 0. The summed E-state index contributed by atoms with van der Waals surface area (Å²) in [5.41, 5.74) is 0. The molecule has 0 saturated carbocycles. The van der Waals surface area contributed by atoms with Crippen LogP contribution in [0.15, 0.2) is 117 Å². The zero-order chi connectivity index (χ0) is 23.2. The molecule has 0 unspecified atom stereocenters. The summed E-state index contributed by atoms with van der Waals surface area (Å²) in [7, 11) is -8.36. The van der Waals surface area contributed by atoms with Gasteiger partial charge in [-0.15, -0.1) is 0 Å². The standard InChI is InChI=1S/C24H16N2O5S2/c27-26-24(33(30,31)22-12-10-18-6-2-4-8-20(18)16-22)14-13-23(25-26)32(28,29)21-11-9-17-5-1-3-7-19(17)15-21/h1-16H. The molecule has 0 N–H and O–H groups in total. The highest BCUT2D eigenvalue weighted by Gasteiger charge is 2.31. The van der Waals surface area contributed by atoms with Gasteiger partial charge in [-0.05, 0) is 56.7 Å². The predicted octanol–water partition coefficient (Wildman–Crippen LogP) is 3.69. The van der Waals surface area contributed by atoms with Crippen LogP contribution < -0.4 is 4.85 Å². The predicted molar refractivity (Wildman–Crippen MR) is 122 cm³/mol. The molecule has 0 atom stereocenters. The lowest BCUT2D eigenvalue weighted by atomic mass is 10.1. The van der Waals surface area contributed by atoms with Crippen LogP contribution >= 0.6 is 0 Å². The van der Waals surface area contributed by atoms with Crippen molar-refractivity contribution in [3.05, 3.63) is 102 Å². The number of rotatable bonds is 4. The zero-order valence-corrected chi connectivity index (χ0v) is 18.6. The lowest BCUT2D eigenvalue weighted by molar-refractivity contribution is -0.711. The van der Waals surface area contributed by atoms with Gasteiger partial charge in [-0.2, -0.15) is 0 Å². The van der Waals surface area contributed by atoms with Crippen LogP contribution in [0.4, 0.5) is 0 Å². The molecule has 5 aromatic rings. The van der Waals surface area contributed by atoms with Crippen molar-refractivity contribution in [3.63, 3.8) is 0 Å². The van der Waals surface area contributed by atoms with Gasteiger partial charge in [0.05, 0.1) is 9.79 Å². The highest BCUT2D eigenvalue weighted by atomic mass is 32.2. The van der Waals surface area contributed by atoms with Crippen LogP contribution in [-0.4, -0.2) is 21.9 Å². The Morgan fingerprint density at radius 2 is 1.06 bits per heavy atom. The Morgan fingerprint density at radius 3 is 1.58 bits per heavy atom. The second-order valence-corrected chi connectivity index (χ2v) is 11.2. The van der Waals surface area contributed by atoms with E-state index in [9.17, 15) is 22.0 Å². The minimum atomic E-state index is -4.22. The van der Waals surface area contributed by atoms with E-state index in [1.54, 1.807) is 36.4 Å². The zero-order valence-electron chi connectivity index (χ0n) is 17.0. The van der Waals surface area contributed by atoms with Crippen LogP contribution in [-0.2, 0) is 19.7 Å². The fourth-order valence-electron chi connectivity index (χ4n) is 3.62. The molecule has 1 heterocycles. The third-order valence-electron chi connectivity index (χ3n) is 5.36. The van der Waals surface area contributed by atoms with Crippen molar-refractivity contribution < 1.29 is 21.7 Å². The molecule has 4 aromatic carbocycles. The van der Waals surface area contributed by atoms with Gasteiger partial charge in [0, 0.05) is 11.2 Å². The second kappa shape index (κ2) is 7.65. The molecule has 0 aliphatic heterocycles. The first-order valence-corrected chi connectivity index (χ1v) is 12.8. The molecular weight excluding hydrogens is 460 g/mol. The Labute approximate surface area is 190 Å². The quantitative estimate of drug-likeness (QED) is 0.289. The average molecular weight is 477 g/mol. The van der Waals surface area contributed by atoms with Crippen LogP contribution in [0.3, 0.4) is 0 Å². The molecule has 0 aliphatic rings. The summed E-state index contributed by atoms with van der Waals surface area (Å²) in [4.78, 5) is -0.282. The normalized spacial score (nSPS) is 12.2. The summed E-state index contributed by atoms with van der Waals surface area (Å²) >= 11 is 0. The Hall–Kier alpha value is -3.82.